The van der Waals surface area contributed by atoms with Crippen LogP contribution in [0.25, 0.3) is 0 Å². The van der Waals surface area contributed by atoms with Crippen molar-refractivity contribution in [3.05, 3.63) is 64.7 Å². The third kappa shape index (κ3) is 3.48. The molecule has 1 unspecified atom stereocenters. The van der Waals surface area contributed by atoms with E-state index >= 15 is 0 Å². The van der Waals surface area contributed by atoms with Crippen LogP contribution in [0.3, 0.4) is 0 Å². The highest BCUT2D eigenvalue weighted by Gasteiger charge is 2.18. The molecule has 1 atom stereocenters. The minimum absolute atomic E-state index is 0.00184. The van der Waals surface area contributed by atoms with Crippen molar-refractivity contribution < 1.29 is 9.53 Å². The first kappa shape index (κ1) is 16.1. The van der Waals surface area contributed by atoms with E-state index in [1.165, 1.54) is 11.1 Å². The van der Waals surface area contributed by atoms with Gasteiger partial charge in [-0.1, -0.05) is 42.8 Å². The molecule has 0 radical (unpaired) electrons. The zero-order chi connectivity index (χ0) is 16.1. The number of hydrogen-bond donors (Lipinski definition) is 1. The molecule has 0 fully saturated rings. The van der Waals surface area contributed by atoms with Gasteiger partial charge in [0.25, 0.3) is 5.91 Å². The lowest BCUT2D eigenvalue weighted by atomic mass is 9.97. The van der Waals surface area contributed by atoms with Gasteiger partial charge in [-0.15, -0.1) is 0 Å². The summed E-state index contributed by atoms with van der Waals surface area (Å²) in [5.41, 5.74) is 4.16. The van der Waals surface area contributed by atoms with Gasteiger partial charge in [0.15, 0.2) is 0 Å². The Bertz CT molecular complexity index is 664. The van der Waals surface area contributed by atoms with Crippen LogP contribution < -0.4 is 10.1 Å². The molecule has 0 aliphatic heterocycles. The van der Waals surface area contributed by atoms with Gasteiger partial charge in [0.05, 0.1) is 18.7 Å². The SMILES string of the molecule is CCC(NC(=O)c1ccccc1OC)c1ccc(C)cc1C. The van der Waals surface area contributed by atoms with Crippen LogP contribution in [0.15, 0.2) is 42.5 Å². The molecule has 0 saturated heterocycles. The summed E-state index contributed by atoms with van der Waals surface area (Å²) >= 11 is 0. The number of ether oxygens (including phenoxy) is 1. The molecule has 2 aromatic carbocycles. The predicted molar refractivity (Wildman–Crippen MR) is 89.4 cm³/mol. The molecular formula is C19H23NO2. The summed E-state index contributed by atoms with van der Waals surface area (Å²) in [5.74, 6) is 0.486. The van der Waals surface area contributed by atoms with Crippen LogP contribution in [0.5, 0.6) is 5.75 Å². The molecule has 0 bridgehead atoms. The molecule has 0 saturated carbocycles. The molecule has 22 heavy (non-hydrogen) atoms. The Morgan fingerprint density at radius 3 is 2.55 bits per heavy atom. The molecule has 1 N–H and O–H groups in total. The van der Waals surface area contributed by atoms with E-state index in [0.29, 0.717) is 11.3 Å². The molecule has 0 heterocycles. The smallest absolute Gasteiger partial charge is 0.255 e. The lowest BCUT2D eigenvalue weighted by molar-refractivity contribution is 0.0932. The first-order valence-electron chi connectivity index (χ1n) is 7.57. The Labute approximate surface area is 132 Å². The number of benzene rings is 2. The number of methoxy groups -OCH3 is 1. The van der Waals surface area contributed by atoms with Crippen molar-refractivity contribution in [2.45, 2.75) is 33.2 Å². The van der Waals surface area contributed by atoms with E-state index in [2.05, 4.69) is 44.3 Å². The van der Waals surface area contributed by atoms with Crippen LogP contribution in [-0.4, -0.2) is 13.0 Å². The number of aryl methyl sites for hydroxylation is 2. The summed E-state index contributed by atoms with van der Waals surface area (Å²) in [4.78, 5) is 12.6. The topological polar surface area (TPSA) is 38.3 Å². The molecule has 0 spiro atoms. The minimum Gasteiger partial charge on any atom is -0.496 e. The van der Waals surface area contributed by atoms with Gasteiger partial charge in [-0.3, -0.25) is 4.79 Å². The maximum absolute atomic E-state index is 12.6. The van der Waals surface area contributed by atoms with Gasteiger partial charge >= 0.3 is 0 Å². The van der Waals surface area contributed by atoms with Crippen molar-refractivity contribution in [1.82, 2.24) is 5.32 Å². The minimum atomic E-state index is -0.107. The third-order valence-corrected chi connectivity index (χ3v) is 3.87. The molecular weight excluding hydrogens is 274 g/mol. The molecule has 3 nitrogen and oxygen atoms in total. The lowest BCUT2D eigenvalue weighted by Crippen LogP contribution is -2.29. The summed E-state index contributed by atoms with van der Waals surface area (Å²) in [6.07, 6.45) is 0.838. The fourth-order valence-electron chi connectivity index (χ4n) is 2.68. The van der Waals surface area contributed by atoms with Crippen LogP contribution in [0.4, 0.5) is 0 Å². The van der Waals surface area contributed by atoms with Crippen LogP contribution >= 0.6 is 0 Å². The van der Waals surface area contributed by atoms with E-state index in [0.717, 1.165) is 12.0 Å². The Morgan fingerprint density at radius 1 is 1.18 bits per heavy atom. The van der Waals surface area contributed by atoms with Gasteiger partial charge < -0.3 is 10.1 Å². The maximum atomic E-state index is 12.6. The van der Waals surface area contributed by atoms with Crippen LogP contribution in [0.1, 0.15) is 46.4 Å². The lowest BCUT2D eigenvalue weighted by Gasteiger charge is -2.20. The van der Waals surface area contributed by atoms with Gasteiger partial charge in [0, 0.05) is 0 Å². The van der Waals surface area contributed by atoms with Gasteiger partial charge in [0.1, 0.15) is 5.75 Å². The van der Waals surface area contributed by atoms with E-state index in [-0.39, 0.29) is 11.9 Å². The van der Waals surface area contributed by atoms with Crippen molar-refractivity contribution in [2.75, 3.05) is 7.11 Å². The first-order valence-corrected chi connectivity index (χ1v) is 7.57. The molecule has 0 aliphatic rings. The third-order valence-electron chi connectivity index (χ3n) is 3.87. The summed E-state index contributed by atoms with van der Waals surface area (Å²) in [6, 6.07) is 13.6. The molecule has 116 valence electrons. The van der Waals surface area contributed by atoms with E-state index in [9.17, 15) is 4.79 Å². The van der Waals surface area contributed by atoms with Gasteiger partial charge in [0.2, 0.25) is 0 Å². The average Bonchev–Trinajstić information content (AvgIpc) is 2.53. The largest absolute Gasteiger partial charge is 0.496 e. The molecule has 0 aromatic heterocycles. The van der Waals surface area contributed by atoms with Crippen molar-refractivity contribution in [2.24, 2.45) is 0 Å². The Hall–Kier alpha value is -2.29. The first-order chi connectivity index (χ1) is 10.6. The van der Waals surface area contributed by atoms with Crippen molar-refractivity contribution in [3.8, 4) is 5.75 Å². The fourth-order valence-corrected chi connectivity index (χ4v) is 2.68. The quantitative estimate of drug-likeness (QED) is 0.898. The Kier molecular flexibility index (Phi) is 5.21. The second-order valence-electron chi connectivity index (χ2n) is 5.49. The predicted octanol–water partition coefficient (Wildman–Crippen LogP) is 4.19. The molecule has 2 aromatic rings. The van der Waals surface area contributed by atoms with E-state index < -0.39 is 0 Å². The summed E-state index contributed by atoms with van der Waals surface area (Å²) in [7, 11) is 1.58. The average molecular weight is 297 g/mol. The van der Waals surface area contributed by atoms with Gasteiger partial charge in [-0.25, -0.2) is 0 Å². The standard InChI is InChI=1S/C19H23NO2/c1-5-17(15-11-10-13(2)12-14(15)3)20-19(21)16-8-6-7-9-18(16)22-4/h6-12,17H,5H2,1-4H3,(H,20,21). The van der Waals surface area contributed by atoms with Crippen LogP contribution in [-0.2, 0) is 0 Å². The van der Waals surface area contributed by atoms with Crippen LogP contribution in [0, 0.1) is 13.8 Å². The van der Waals surface area contributed by atoms with Crippen molar-refractivity contribution in [1.29, 1.82) is 0 Å². The maximum Gasteiger partial charge on any atom is 0.255 e. The number of carbonyl (C=O) groups excluding carboxylic acids is 1. The Balaban J connectivity index is 2.24. The molecule has 2 rings (SSSR count). The zero-order valence-electron chi connectivity index (χ0n) is 13.6. The number of carbonyl (C=O) groups is 1. The van der Waals surface area contributed by atoms with E-state index in [4.69, 9.17) is 4.74 Å². The molecule has 3 heteroatoms. The molecule has 1 amide bonds. The van der Waals surface area contributed by atoms with Crippen molar-refractivity contribution in [3.63, 3.8) is 0 Å². The highest BCUT2D eigenvalue weighted by atomic mass is 16.5. The van der Waals surface area contributed by atoms with E-state index in [1.807, 2.05) is 12.1 Å². The number of para-hydroxylation sites is 1. The fraction of sp³-hybridized carbons (Fsp3) is 0.316. The second-order valence-corrected chi connectivity index (χ2v) is 5.49. The highest BCUT2D eigenvalue weighted by molar-refractivity contribution is 5.97. The summed E-state index contributed by atoms with van der Waals surface area (Å²) in [5, 5.41) is 3.12. The second kappa shape index (κ2) is 7.12. The summed E-state index contributed by atoms with van der Waals surface area (Å²) < 4.78 is 5.27. The number of nitrogens with one attached hydrogen (secondary N) is 1. The zero-order valence-corrected chi connectivity index (χ0v) is 13.6. The highest BCUT2D eigenvalue weighted by Crippen LogP contribution is 2.24. The Morgan fingerprint density at radius 2 is 1.91 bits per heavy atom. The number of hydrogen-bond acceptors (Lipinski definition) is 2. The van der Waals surface area contributed by atoms with Gasteiger partial charge in [-0.05, 0) is 43.5 Å². The number of amides is 1. The van der Waals surface area contributed by atoms with E-state index in [1.54, 1.807) is 19.2 Å². The monoisotopic (exact) mass is 297 g/mol. The number of rotatable bonds is 5. The van der Waals surface area contributed by atoms with Crippen molar-refractivity contribution >= 4 is 5.91 Å². The summed E-state index contributed by atoms with van der Waals surface area (Å²) in [6.45, 7) is 6.23. The molecule has 0 aliphatic carbocycles. The van der Waals surface area contributed by atoms with Gasteiger partial charge in [-0.2, -0.15) is 0 Å². The van der Waals surface area contributed by atoms with Crippen LogP contribution in [0.2, 0.25) is 0 Å². The normalized spacial score (nSPS) is 11.8.